The Morgan fingerprint density at radius 2 is 1.74 bits per heavy atom. The van der Waals surface area contributed by atoms with Crippen LogP contribution < -0.4 is 26.6 Å². The molecule has 17 heteroatoms. The van der Waals surface area contributed by atoms with Crippen molar-refractivity contribution in [2.75, 3.05) is 32.8 Å². The van der Waals surface area contributed by atoms with E-state index in [1.165, 1.54) is 16.7 Å². The third-order valence-electron chi connectivity index (χ3n) is 9.72. The Kier molecular flexibility index (Phi) is 12.9. The van der Waals surface area contributed by atoms with E-state index >= 15 is 0 Å². The highest BCUT2D eigenvalue weighted by atomic mass is 16.6. The van der Waals surface area contributed by atoms with Gasteiger partial charge in [-0.1, -0.05) is 32.0 Å². The third kappa shape index (κ3) is 10.0. The first-order valence-electron chi connectivity index (χ1n) is 18.2. The number of cyclic esters (lactones) is 1. The summed E-state index contributed by atoms with van der Waals surface area (Å²) in [6, 6.07) is 2.02. The van der Waals surface area contributed by atoms with Gasteiger partial charge in [-0.15, -0.1) is 0 Å². The summed E-state index contributed by atoms with van der Waals surface area (Å²) in [5, 5.41) is 25.1. The van der Waals surface area contributed by atoms with Crippen molar-refractivity contribution in [2.45, 2.75) is 95.6 Å². The predicted octanol–water partition coefficient (Wildman–Crippen LogP) is -0.570. The largest absolute Gasteiger partial charge is 0.448 e. The van der Waals surface area contributed by atoms with Crippen LogP contribution in [0.25, 0.3) is 10.9 Å². The van der Waals surface area contributed by atoms with Gasteiger partial charge >= 0.3 is 6.09 Å². The molecule has 6 atom stereocenters. The van der Waals surface area contributed by atoms with Crippen molar-refractivity contribution in [2.24, 2.45) is 5.92 Å². The van der Waals surface area contributed by atoms with Crippen molar-refractivity contribution in [3.05, 3.63) is 36.0 Å². The summed E-state index contributed by atoms with van der Waals surface area (Å²) in [5.41, 5.74) is 1.55. The molecule has 0 aliphatic carbocycles. The molecule has 7 amide bonds. The van der Waals surface area contributed by atoms with E-state index in [9.17, 15) is 38.7 Å². The van der Waals surface area contributed by atoms with Crippen molar-refractivity contribution in [3.8, 4) is 0 Å². The van der Waals surface area contributed by atoms with Gasteiger partial charge in [0.15, 0.2) is 0 Å². The van der Waals surface area contributed by atoms with Crippen molar-refractivity contribution >= 4 is 52.4 Å². The lowest BCUT2D eigenvalue weighted by molar-refractivity contribution is -0.142. The lowest BCUT2D eigenvalue weighted by atomic mass is 10.00. The van der Waals surface area contributed by atoms with E-state index in [4.69, 9.17) is 4.74 Å². The van der Waals surface area contributed by atoms with Gasteiger partial charge in [-0.05, 0) is 50.2 Å². The summed E-state index contributed by atoms with van der Waals surface area (Å²) < 4.78 is 4.88. The molecule has 5 rings (SSSR count). The molecule has 7 N–H and O–H groups in total. The number of amides is 7. The number of carbonyl (C=O) groups is 7. The van der Waals surface area contributed by atoms with Gasteiger partial charge in [0, 0.05) is 43.0 Å². The van der Waals surface area contributed by atoms with Gasteiger partial charge in [-0.2, -0.15) is 0 Å². The van der Waals surface area contributed by atoms with Crippen LogP contribution in [-0.2, 0) is 39.9 Å². The maximum Gasteiger partial charge on any atom is 0.410 e. The zero-order chi connectivity index (χ0) is 38.2. The Morgan fingerprint density at radius 1 is 0.981 bits per heavy atom. The third-order valence-corrected chi connectivity index (χ3v) is 9.72. The molecule has 53 heavy (non-hydrogen) atoms. The van der Waals surface area contributed by atoms with Gasteiger partial charge in [-0.3, -0.25) is 33.7 Å². The second-order valence-corrected chi connectivity index (χ2v) is 14.4. The molecular weight excluding hydrogens is 688 g/mol. The maximum atomic E-state index is 14.1. The number of para-hydroxylation sites is 1. The van der Waals surface area contributed by atoms with E-state index in [1.807, 2.05) is 38.1 Å². The zero-order valence-electron chi connectivity index (χ0n) is 30.3. The molecule has 17 nitrogen and oxygen atoms in total. The monoisotopic (exact) mass is 738 g/mol. The zero-order valence-corrected chi connectivity index (χ0v) is 30.3. The Balaban J connectivity index is 1.42. The normalized spacial score (nSPS) is 26.9. The molecule has 0 spiro atoms. The smallest absolute Gasteiger partial charge is 0.410 e. The molecule has 3 fully saturated rings. The van der Waals surface area contributed by atoms with Crippen LogP contribution in [0.5, 0.6) is 0 Å². The number of hydrogen-bond donors (Lipinski definition) is 7. The molecule has 2 aromatic rings. The topological polar surface area (TPSA) is 231 Å². The van der Waals surface area contributed by atoms with Crippen molar-refractivity contribution in [3.63, 3.8) is 0 Å². The predicted molar refractivity (Wildman–Crippen MR) is 191 cm³/mol. The van der Waals surface area contributed by atoms with E-state index in [1.54, 1.807) is 6.20 Å². The van der Waals surface area contributed by atoms with Crippen LogP contribution in [0, 0.1) is 5.92 Å². The molecular formula is C36H50N8O9. The summed E-state index contributed by atoms with van der Waals surface area (Å²) in [6.07, 6.45) is 1.38. The number of nitrogens with zero attached hydrogens (tertiary/aromatic N) is 2. The molecule has 4 heterocycles. The summed E-state index contributed by atoms with van der Waals surface area (Å²) in [6.45, 7) is 5.40. The molecule has 0 radical (unpaired) electrons. The first kappa shape index (κ1) is 39.0. The minimum Gasteiger partial charge on any atom is -0.448 e. The van der Waals surface area contributed by atoms with Gasteiger partial charge in [-0.25, -0.2) is 4.79 Å². The molecule has 3 aliphatic rings. The maximum absolute atomic E-state index is 14.1. The van der Waals surface area contributed by atoms with Gasteiger partial charge in [0.25, 0.3) is 0 Å². The van der Waals surface area contributed by atoms with Crippen LogP contribution in [0.15, 0.2) is 30.5 Å². The van der Waals surface area contributed by atoms with Crippen LogP contribution in [0.3, 0.4) is 0 Å². The van der Waals surface area contributed by atoms with Gasteiger partial charge in [0.05, 0.1) is 12.6 Å². The number of aliphatic hydroxyl groups is 1. The second-order valence-electron chi connectivity index (χ2n) is 14.4. The second kappa shape index (κ2) is 17.6. The highest BCUT2D eigenvalue weighted by Crippen LogP contribution is 2.23. The van der Waals surface area contributed by atoms with Crippen LogP contribution in [0.4, 0.5) is 4.79 Å². The van der Waals surface area contributed by atoms with E-state index in [0.717, 1.165) is 16.5 Å². The van der Waals surface area contributed by atoms with Gasteiger partial charge < -0.3 is 46.3 Å². The highest BCUT2D eigenvalue weighted by Gasteiger charge is 2.42. The SMILES string of the molecule is CC(C)C[C@H]1NC(=O)[C@H](Cc2c[nH]c3ccccc23)NC(=O)[C@@H](C)NC(=O)[C@@H](NC(=O)CN2CCOC2=O)CCCCNC(=O)[C@@H]2C[C@@H](O)CN2C1=O. The lowest BCUT2D eigenvalue weighted by Crippen LogP contribution is -2.59. The van der Waals surface area contributed by atoms with Crippen molar-refractivity contribution < 1.29 is 43.4 Å². The number of rotatable bonds is 7. The van der Waals surface area contributed by atoms with E-state index in [-0.39, 0.29) is 64.4 Å². The number of aromatic nitrogens is 1. The fraction of sp³-hybridized carbons (Fsp3) is 0.583. The molecule has 0 unspecified atom stereocenters. The first-order valence-corrected chi connectivity index (χ1v) is 18.2. The van der Waals surface area contributed by atoms with Crippen LogP contribution in [0.1, 0.15) is 58.4 Å². The van der Waals surface area contributed by atoms with E-state index in [2.05, 4.69) is 31.6 Å². The van der Waals surface area contributed by atoms with Crippen LogP contribution >= 0.6 is 0 Å². The Bertz CT molecular complexity index is 1700. The molecule has 1 aromatic carbocycles. The average molecular weight is 739 g/mol. The molecule has 3 aliphatic heterocycles. The standard InChI is InChI=1S/C36H50N8O9/c1-20(2)14-28-35(51)44-18-23(45)16-29(44)34(50)37-11-7-6-10-26(40-30(46)19-43-12-13-53-36(43)52)32(48)39-21(3)31(47)41-27(33(49)42-28)15-22-17-38-25-9-5-4-8-24(22)25/h4-5,8-9,17,20-21,23,26-29,38,45H,6-7,10-16,18-19H2,1-3H3,(H,37,50)(H,39,48)(H,40,46)(H,41,47)(H,42,49)/t21-,23-,26+,27+,28-,29+/m1/s1. The van der Waals surface area contributed by atoms with Crippen LogP contribution in [0.2, 0.25) is 0 Å². The fourth-order valence-electron chi connectivity index (χ4n) is 6.93. The molecule has 0 bridgehead atoms. The molecule has 1 aromatic heterocycles. The lowest BCUT2D eigenvalue weighted by Gasteiger charge is -2.30. The van der Waals surface area contributed by atoms with E-state index < -0.39 is 77.8 Å². The summed E-state index contributed by atoms with van der Waals surface area (Å²) in [5.74, 6) is -3.58. The molecule has 0 saturated carbocycles. The Labute approximate surface area is 307 Å². The van der Waals surface area contributed by atoms with Crippen LogP contribution in [-0.4, -0.2) is 131 Å². The number of fused-ring (bicyclic) bond motifs is 2. The quantitative estimate of drug-likeness (QED) is 0.193. The number of aliphatic hydroxyl groups excluding tert-OH is 1. The van der Waals surface area contributed by atoms with Gasteiger partial charge in [0.1, 0.15) is 43.4 Å². The number of carbonyl (C=O) groups excluding carboxylic acids is 7. The minimum absolute atomic E-state index is 0.0237. The average Bonchev–Trinajstić information content (AvgIpc) is 3.83. The minimum atomic E-state index is -1.19. The van der Waals surface area contributed by atoms with Crippen molar-refractivity contribution in [1.29, 1.82) is 0 Å². The fourth-order valence-corrected chi connectivity index (χ4v) is 6.93. The van der Waals surface area contributed by atoms with E-state index in [0.29, 0.717) is 12.8 Å². The highest BCUT2D eigenvalue weighted by molar-refractivity contribution is 5.97. The van der Waals surface area contributed by atoms with Gasteiger partial charge in [0.2, 0.25) is 35.4 Å². The molecule has 288 valence electrons. The number of aromatic amines is 1. The molecule has 3 saturated heterocycles. The van der Waals surface area contributed by atoms with Crippen molar-refractivity contribution in [1.82, 2.24) is 41.4 Å². The Morgan fingerprint density at radius 3 is 2.47 bits per heavy atom. The first-order chi connectivity index (χ1) is 25.3. The Hall–Kier alpha value is -5.19. The number of nitrogens with one attached hydrogen (secondary N) is 6. The number of ether oxygens (including phenoxy) is 1. The summed E-state index contributed by atoms with van der Waals surface area (Å²) in [4.78, 5) is 99.3. The number of benzene rings is 1. The number of H-pyrrole nitrogens is 1. The summed E-state index contributed by atoms with van der Waals surface area (Å²) in [7, 11) is 0. The number of hydrogen-bond acceptors (Lipinski definition) is 9. The summed E-state index contributed by atoms with van der Waals surface area (Å²) >= 11 is 0.